The first-order valence-corrected chi connectivity index (χ1v) is 17.7. The second kappa shape index (κ2) is 15.2. The quantitative estimate of drug-likeness (QED) is 0.186. The Morgan fingerprint density at radius 2 is 1.94 bits per heavy atom. The first-order chi connectivity index (χ1) is 22.5. The number of aromatic amines is 1. The molecule has 256 valence electrons. The van der Waals surface area contributed by atoms with Crippen LogP contribution in [0, 0.1) is 11.8 Å². The number of rotatable bonds is 14. The number of nitrogens with zero attached hydrogens (tertiary/aromatic N) is 2. The summed E-state index contributed by atoms with van der Waals surface area (Å²) in [6, 6.07) is 13.1. The number of ether oxygens (including phenoxy) is 3. The van der Waals surface area contributed by atoms with Crippen LogP contribution in [0.25, 0.3) is 10.9 Å². The number of hydrogen-bond donors (Lipinski definition) is 4. The lowest BCUT2D eigenvalue weighted by Crippen LogP contribution is -2.51. The third-order valence-corrected chi connectivity index (χ3v) is 10.6. The summed E-state index contributed by atoms with van der Waals surface area (Å²) in [4.78, 5) is 20.5. The molecule has 3 heterocycles. The molecule has 0 spiro atoms. The fraction of sp³-hybridized carbons (Fsp3) is 0.529. The summed E-state index contributed by atoms with van der Waals surface area (Å²) >= 11 is 0. The second-order valence-corrected chi connectivity index (χ2v) is 14.8. The van der Waals surface area contributed by atoms with Gasteiger partial charge < -0.3 is 34.7 Å². The zero-order valence-electron chi connectivity index (χ0n) is 27.3. The maximum Gasteiger partial charge on any atom is 0.407 e. The van der Waals surface area contributed by atoms with Crippen molar-refractivity contribution in [1.82, 2.24) is 14.6 Å². The molecule has 4 N–H and O–H groups in total. The molecule has 0 bridgehead atoms. The smallest absolute Gasteiger partial charge is 0.407 e. The van der Waals surface area contributed by atoms with Crippen LogP contribution in [0.5, 0.6) is 5.88 Å². The Morgan fingerprint density at radius 1 is 1.17 bits per heavy atom. The highest BCUT2D eigenvalue weighted by molar-refractivity contribution is 7.89. The Hall–Kier alpha value is -3.49. The molecular formula is C34H46N4O8S. The van der Waals surface area contributed by atoms with Crippen molar-refractivity contribution in [2.45, 2.75) is 82.4 Å². The number of sulfonamides is 1. The van der Waals surface area contributed by atoms with Gasteiger partial charge in [0.15, 0.2) is 12.2 Å². The number of aliphatic imine (C=N–C) groups is 1. The van der Waals surface area contributed by atoms with Crippen LogP contribution in [0.1, 0.15) is 51.7 Å². The van der Waals surface area contributed by atoms with Gasteiger partial charge in [0, 0.05) is 36.2 Å². The van der Waals surface area contributed by atoms with Crippen LogP contribution in [0.3, 0.4) is 0 Å². The Kier molecular flexibility index (Phi) is 11.2. The van der Waals surface area contributed by atoms with Gasteiger partial charge in [0.25, 0.3) is 0 Å². The number of fused-ring (bicyclic) bond motifs is 2. The highest BCUT2D eigenvalue weighted by Crippen LogP contribution is 2.33. The SMILES string of the molecule is CCC(C)N=Cc1c(O)[nH]c2ccc(S(=O)(=O)N(CC(C)C)C[C@@H](O)[C@H](Cc3ccccc3)NC(=O)O[C@H]3COC4OCCC43)cc12. The summed E-state index contributed by atoms with van der Waals surface area (Å²) in [6.07, 6.45) is 0.492. The van der Waals surface area contributed by atoms with E-state index >= 15 is 0 Å². The van der Waals surface area contributed by atoms with Crippen LogP contribution < -0.4 is 5.32 Å². The van der Waals surface area contributed by atoms with Gasteiger partial charge in [-0.1, -0.05) is 51.1 Å². The van der Waals surface area contributed by atoms with Gasteiger partial charge in [0.05, 0.1) is 41.7 Å². The van der Waals surface area contributed by atoms with Crippen LogP contribution in [-0.2, 0) is 30.7 Å². The normalized spacial score (nSPS) is 21.8. The van der Waals surface area contributed by atoms with Crippen molar-refractivity contribution in [3.05, 3.63) is 59.7 Å². The molecule has 1 aromatic heterocycles. The van der Waals surface area contributed by atoms with Gasteiger partial charge in [0.1, 0.15) is 6.10 Å². The first kappa shape index (κ1) is 34.8. The number of aromatic hydroxyl groups is 1. The van der Waals surface area contributed by atoms with Crippen molar-refractivity contribution >= 4 is 33.2 Å². The lowest BCUT2D eigenvalue weighted by molar-refractivity contribution is -0.0907. The van der Waals surface area contributed by atoms with E-state index in [0.29, 0.717) is 23.1 Å². The summed E-state index contributed by atoms with van der Waals surface area (Å²) in [5, 5.41) is 25.5. The molecule has 0 aliphatic carbocycles. The second-order valence-electron chi connectivity index (χ2n) is 12.8. The number of carbonyl (C=O) groups excluding carboxylic acids is 1. The lowest BCUT2D eigenvalue weighted by Gasteiger charge is -2.31. The number of carbonyl (C=O) groups is 1. The average Bonchev–Trinajstić information content (AvgIpc) is 3.74. The van der Waals surface area contributed by atoms with Crippen LogP contribution in [-0.4, -0.2) is 97.1 Å². The number of aromatic nitrogens is 1. The molecule has 5 rings (SSSR count). The van der Waals surface area contributed by atoms with Gasteiger partial charge in [0.2, 0.25) is 10.0 Å². The van der Waals surface area contributed by atoms with E-state index in [1.165, 1.54) is 16.4 Å². The number of nitrogens with one attached hydrogen (secondary N) is 2. The molecule has 12 nitrogen and oxygen atoms in total. The predicted molar refractivity (Wildman–Crippen MR) is 178 cm³/mol. The third-order valence-electron chi connectivity index (χ3n) is 8.75. The molecule has 0 radical (unpaired) electrons. The van der Waals surface area contributed by atoms with Crippen LogP contribution in [0.2, 0.25) is 0 Å². The topological polar surface area (TPSA) is 163 Å². The van der Waals surface area contributed by atoms with E-state index in [4.69, 9.17) is 14.2 Å². The summed E-state index contributed by atoms with van der Waals surface area (Å²) in [5.74, 6) is -0.214. The number of H-pyrrole nitrogens is 1. The molecule has 47 heavy (non-hydrogen) atoms. The summed E-state index contributed by atoms with van der Waals surface area (Å²) in [5.41, 5.74) is 1.82. The Morgan fingerprint density at radius 3 is 2.66 bits per heavy atom. The fourth-order valence-electron chi connectivity index (χ4n) is 5.96. The Bertz CT molecular complexity index is 1640. The first-order valence-electron chi connectivity index (χ1n) is 16.3. The maximum absolute atomic E-state index is 14.2. The van der Waals surface area contributed by atoms with Crippen LogP contribution in [0.15, 0.2) is 58.4 Å². The number of alkyl carbamates (subject to hydrolysis) is 1. The molecule has 13 heteroatoms. The van der Waals surface area contributed by atoms with E-state index in [0.717, 1.165) is 18.4 Å². The van der Waals surface area contributed by atoms with Crippen molar-refractivity contribution in [2.75, 3.05) is 26.3 Å². The third kappa shape index (κ3) is 8.33. The molecule has 6 atom stereocenters. The van der Waals surface area contributed by atoms with Crippen LogP contribution in [0.4, 0.5) is 4.79 Å². The molecule has 3 unspecified atom stereocenters. The molecule has 2 aliphatic heterocycles. The molecular weight excluding hydrogens is 624 g/mol. The molecule has 1 amide bonds. The van der Waals surface area contributed by atoms with Crippen molar-refractivity contribution in [3.8, 4) is 5.88 Å². The van der Waals surface area contributed by atoms with E-state index in [2.05, 4.69) is 15.3 Å². The average molecular weight is 671 g/mol. The molecule has 2 fully saturated rings. The van der Waals surface area contributed by atoms with Gasteiger partial charge in [-0.15, -0.1) is 0 Å². The summed E-state index contributed by atoms with van der Waals surface area (Å²) in [6.45, 7) is 8.37. The monoisotopic (exact) mass is 670 g/mol. The zero-order valence-corrected chi connectivity index (χ0v) is 28.2. The van der Waals surface area contributed by atoms with E-state index in [1.807, 2.05) is 58.0 Å². The minimum Gasteiger partial charge on any atom is -0.494 e. The standard InChI is InChI=1S/C34H46N4O8S/c1-5-22(4)35-17-27-26-16-24(11-12-28(26)36-32(27)40)47(42,43)38(18-21(2)3)19-30(39)29(15-23-9-7-6-8-10-23)37-34(41)46-31-20-45-33-25(31)13-14-44-33/h6-12,16-17,21-22,25,29-31,33,36,39-40H,5,13-15,18-20H2,1-4H3,(H,37,41)/t22?,25?,29-,30+,31-,33?/m0/s1. The van der Waals surface area contributed by atoms with Crippen LogP contribution >= 0.6 is 0 Å². The van der Waals surface area contributed by atoms with Crippen molar-refractivity contribution in [3.63, 3.8) is 0 Å². The molecule has 2 aliphatic rings. The van der Waals surface area contributed by atoms with Crippen molar-refractivity contribution in [2.24, 2.45) is 16.8 Å². The number of hydrogen-bond acceptors (Lipinski definition) is 9. The van der Waals surface area contributed by atoms with Gasteiger partial charge >= 0.3 is 6.09 Å². The lowest BCUT2D eigenvalue weighted by atomic mass is 10.0. The molecule has 2 saturated heterocycles. The Balaban J connectivity index is 1.39. The number of amides is 1. The van der Waals surface area contributed by atoms with E-state index < -0.39 is 34.4 Å². The van der Waals surface area contributed by atoms with E-state index in [1.54, 1.807) is 12.3 Å². The van der Waals surface area contributed by atoms with Gasteiger partial charge in [-0.25, -0.2) is 13.2 Å². The van der Waals surface area contributed by atoms with Gasteiger partial charge in [-0.2, -0.15) is 4.31 Å². The predicted octanol–water partition coefficient (Wildman–Crippen LogP) is 4.20. The van der Waals surface area contributed by atoms with Gasteiger partial charge in [-0.05, 0) is 55.9 Å². The number of benzene rings is 2. The van der Waals surface area contributed by atoms with Gasteiger partial charge in [-0.3, -0.25) is 4.99 Å². The van der Waals surface area contributed by atoms with E-state index in [-0.39, 0.29) is 61.1 Å². The van der Waals surface area contributed by atoms with E-state index in [9.17, 15) is 23.4 Å². The zero-order chi connectivity index (χ0) is 33.7. The Labute approximate surface area is 276 Å². The largest absolute Gasteiger partial charge is 0.494 e. The summed E-state index contributed by atoms with van der Waals surface area (Å²) < 4.78 is 46.5. The fourth-order valence-corrected chi connectivity index (χ4v) is 7.61. The van der Waals surface area contributed by atoms with Crippen molar-refractivity contribution < 1.29 is 37.6 Å². The van der Waals surface area contributed by atoms with Crippen molar-refractivity contribution in [1.29, 1.82) is 0 Å². The minimum absolute atomic E-state index is 0.0107. The highest BCUT2D eigenvalue weighted by Gasteiger charge is 2.44. The highest BCUT2D eigenvalue weighted by atomic mass is 32.2. The molecule has 2 aromatic carbocycles. The number of aliphatic hydroxyl groups is 1. The molecule has 3 aromatic rings. The number of aliphatic hydroxyl groups excluding tert-OH is 1. The maximum atomic E-state index is 14.2. The minimum atomic E-state index is -4.13. The summed E-state index contributed by atoms with van der Waals surface area (Å²) in [7, 11) is -4.13. The molecule has 0 saturated carbocycles.